The molecule has 22 heavy (non-hydrogen) atoms. The first-order valence-electron chi connectivity index (χ1n) is 7.21. The van der Waals surface area contributed by atoms with Crippen LogP contribution in [0.5, 0.6) is 5.88 Å². The monoisotopic (exact) mass is 300 g/mol. The number of nitrogens with zero attached hydrogens (tertiary/aromatic N) is 1. The average Bonchev–Trinajstić information content (AvgIpc) is 2.55. The van der Waals surface area contributed by atoms with Crippen molar-refractivity contribution in [2.75, 3.05) is 19.0 Å². The molecule has 0 bridgehead atoms. The summed E-state index contributed by atoms with van der Waals surface area (Å²) in [5.74, 6) is 0.775. The Morgan fingerprint density at radius 2 is 1.95 bits per heavy atom. The zero-order valence-electron chi connectivity index (χ0n) is 12.8. The molecule has 2 rings (SSSR count). The predicted molar refractivity (Wildman–Crippen MR) is 85.0 cm³/mol. The Morgan fingerprint density at radius 1 is 1.18 bits per heavy atom. The standard InChI is InChI=1S/C17H20N2O3/c1-3-22-17(20)14(12-13-8-5-4-6-9-13)18-15-10-7-11-16(19-15)21-2/h4-11,14H,3,12H2,1-2H3,(H,18,19). The van der Waals surface area contributed by atoms with Crippen LogP contribution in [0.25, 0.3) is 0 Å². The highest BCUT2D eigenvalue weighted by Gasteiger charge is 2.20. The highest BCUT2D eigenvalue weighted by molar-refractivity contribution is 5.79. The molecule has 5 nitrogen and oxygen atoms in total. The number of nitrogens with one attached hydrogen (secondary N) is 1. The number of aromatic nitrogens is 1. The van der Waals surface area contributed by atoms with Gasteiger partial charge in [0.25, 0.3) is 0 Å². The SMILES string of the molecule is CCOC(=O)C(Cc1ccccc1)Nc1cccc(OC)n1. The van der Waals surface area contributed by atoms with Crippen LogP contribution in [0, 0.1) is 0 Å². The molecule has 2 aromatic rings. The number of pyridine rings is 1. The average molecular weight is 300 g/mol. The fraction of sp³-hybridized carbons (Fsp3) is 0.294. The lowest BCUT2D eigenvalue weighted by Gasteiger charge is -2.18. The molecule has 0 spiro atoms. The number of ether oxygens (including phenoxy) is 2. The van der Waals surface area contributed by atoms with E-state index < -0.39 is 6.04 Å². The molecule has 1 atom stereocenters. The van der Waals surface area contributed by atoms with Crippen molar-refractivity contribution in [3.63, 3.8) is 0 Å². The van der Waals surface area contributed by atoms with E-state index in [1.807, 2.05) is 36.4 Å². The second-order valence-corrected chi connectivity index (χ2v) is 4.70. The summed E-state index contributed by atoms with van der Waals surface area (Å²) in [6.45, 7) is 2.14. The number of methoxy groups -OCH3 is 1. The lowest BCUT2D eigenvalue weighted by molar-refractivity contribution is -0.144. The van der Waals surface area contributed by atoms with Crippen molar-refractivity contribution in [1.82, 2.24) is 4.98 Å². The summed E-state index contributed by atoms with van der Waals surface area (Å²) in [5.41, 5.74) is 1.05. The first-order valence-corrected chi connectivity index (χ1v) is 7.21. The molecule has 1 N–H and O–H groups in total. The molecular weight excluding hydrogens is 280 g/mol. The molecule has 116 valence electrons. The Balaban J connectivity index is 2.14. The van der Waals surface area contributed by atoms with Crippen LogP contribution in [0.4, 0.5) is 5.82 Å². The van der Waals surface area contributed by atoms with Crippen LogP contribution < -0.4 is 10.1 Å². The maximum absolute atomic E-state index is 12.2. The molecule has 0 amide bonds. The van der Waals surface area contributed by atoms with Crippen LogP contribution in [0.2, 0.25) is 0 Å². The van der Waals surface area contributed by atoms with E-state index in [-0.39, 0.29) is 5.97 Å². The Kier molecular flexibility index (Phi) is 5.77. The smallest absolute Gasteiger partial charge is 0.328 e. The molecule has 0 aliphatic heterocycles. The van der Waals surface area contributed by atoms with E-state index in [2.05, 4.69) is 10.3 Å². The summed E-state index contributed by atoms with van der Waals surface area (Å²) in [5, 5.41) is 3.12. The first kappa shape index (κ1) is 15.8. The zero-order valence-corrected chi connectivity index (χ0v) is 12.8. The summed E-state index contributed by atoms with van der Waals surface area (Å²) in [6, 6.07) is 14.7. The molecule has 5 heteroatoms. The highest BCUT2D eigenvalue weighted by Crippen LogP contribution is 2.14. The third kappa shape index (κ3) is 4.48. The van der Waals surface area contributed by atoms with Gasteiger partial charge in [-0.2, -0.15) is 4.98 Å². The van der Waals surface area contributed by atoms with Crippen LogP contribution in [-0.2, 0) is 16.0 Å². The quantitative estimate of drug-likeness (QED) is 0.797. The number of rotatable bonds is 7. The Bertz CT molecular complexity index is 602. The van der Waals surface area contributed by atoms with E-state index in [1.54, 1.807) is 26.2 Å². The number of hydrogen-bond acceptors (Lipinski definition) is 5. The Morgan fingerprint density at radius 3 is 2.64 bits per heavy atom. The number of carbonyl (C=O) groups is 1. The van der Waals surface area contributed by atoms with Crippen LogP contribution in [0.15, 0.2) is 48.5 Å². The van der Waals surface area contributed by atoms with Gasteiger partial charge in [-0.05, 0) is 18.6 Å². The van der Waals surface area contributed by atoms with Crippen LogP contribution in [-0.4, -0.2) is 30.7 Å². The molecule has 1 heterocycles. The summed E-state index contributed by atoms with van der Waals surface area (Å²) in [7, 11) is 1.55. The molecule has 1 unspecified atom stereocenters. The first-order chi connectivity index (χ1) is 10.7. The molecular formula is C17H20N2O3. The van der Waals surface area contributed by atoms with E-state index in [0.29, 0.717) is 24.7 Å². The fourth-order valence-electron chi connectivity index (χ4n) is 2.07. The number of carbonyl (C=O) groups excluding carboxylic acids is 1. The van der Waals surface area contributed by atoms with Crippen LogP contribution >= 0.6 is 0 Å². The van der Waals surface area contributed by atoms with Gasteiger partial charge in [0.15, 0.2) is 0 Å². The third-order valence-electron chi connectivity index (χ3n) is 3.11. The second-order valence-electron chi connectivity index (χ2n) is 4.70. The van der Waals surface area contributed by atoms with Gasteiger partial charge in [-0.1, -0.05) is 36.4 Å². The summed E-state index contributed by atoms with van der Waals surface area (Å²) < 4.78 is 10.2. The van der Waals surface area contributed by atoms with Crippen LogP contribution in [0.3, 0.4) is 0 Å². The van der Waals surface area contributed by atoms with Gasteiger partial charge in [0, 0.05) is 12.5 Å². The molecule has 0 aliphatic rings. The number of hydrogen-bond donors (Lipinski definition) is 1. The summed E-state index contributed by atoms with van der Waals surface area (Å²) in [6.07, 6.45) is 0.526. The zero-order chi connectivity index (χ0) is 15.8. The van der Waals surface area contributed by atoms with Gasteiger partial charge in [0.2, 0.25) is 5.88 Å². The number of esters is 1. The Labute approximate surface area is 130 Å². The van der Waals surface area contributed by atoms with Gasteiger partial charge in [-0.25, -0.2) is 4.79 Å². The lowest BCUT2D eigenvalue weighted by atomic mass is 10.1. The molecule has 0 radical (unpaired) electrons. The van der Waals surface area contributed by atoms with Crippen molar-refractivity contribution >= 4 is 11.8 Å². The van der Waals surface area contributed by atoms with Crippen molar-refractivity contribution in [2.24, 2.45) is 0 Å². The molecule has 0 saturated heterocycles. The number of anilines is 1. The van der Waals surface area contributed by atoms with Crippen molar-refractivity contribution in [3.8, 4) is 5.88 Å². The van der Waals surface area contributed by atoms with Crippen molar-refractivity contribution in [3.05, 3.63) is 54.1 Å². The molecule has 1 aromatic heterocycles. The van der Waals surface area contributed by atoms with E-state index >= 15 is 0 Å². The van der Waals surface area contributed by atoms with Gasteiger partial charge in [0.05, 0.1) is 13.7 Å². The van der Waals surface area contributed by atoms with E-state index in [0.717, 1.165) is 5.56 Å². The molecule has 1 aromatic carbocycles. The summed E-state index contributed by atoms with van der Waals surface area (Å²) in [4.78, 5) is 16.4. The van der Waals surface area contributed by atoms with Gasteiger partial charge in [0.1, 0.15) is 11.9 Å². The molecule has 0 saturated carbocycles. The van der Waals surface area contributed by atoms with E-state index in [4.69, 9.17) is 9.47 Å². The van der Waals surface area contributed by atoms with E-state index in [1.165, 1.54) is 0 Å². The highest BCUT2D eigenvalue weighted by atomic mass is 16.5. The number of benzene rings is 1. The van der Waals surface area contributed by atoms with Crippen molar-refractivity contribution < 1.29 is 14.3 Å². The van der Waals surface area contributed by atoms with E-state index in [9.17, 15) is 4.79 Å². The third-order valence-corrected chi connectivity index (χ3v) is 3.11. The van der Waals surface area contributed by atoms with Crippen LogP contribution in [0.1, 0.15) is 12.5 Å². The normalized spacial score (nSPS) is 11.5. The van der Waals surface area contributed by atoms with Gasteiger partial charge in [-0.3, -0.25) is 0 Å². The lowest BCUT2D eigenvalue weighted by Crippen LogP contribution is -2.33. The second kappa shape index (κ2) is 8.02. The van der Waals surface area contributed by atoms with Gasteiger partial charge in [-0.15, -0.1) is 0 Å². The van der Waals surface area contributed by atoms with Crippen molar-refractivity contribution in [1.29, 1.82) is 0 Å². The maximum atomic E-state index is 12.2. The molecule has 0 fully saturated rings. The maximum Gasteiger partial charge on any atom is 0.328 e. The minimum atomic E-state index is -0.498. The minimum absolute atomic E-state index is 0.295. The topological polar surface area (TPSA) is 60.5 Å². The fourth-order valence-corrected chi connectivity index (χ4v) is 2.07. The molecule has 0 aliphatic carbocycles. The van der Waals surface area contributed by atoms with Gasteiger partial charge >= 0.3 is 5.97 Å². The largest absolute Gasteiger partial charge is 0.481 e. The predicted octanol–water partition coefficient (Wildman–Crippen LogP) is 2.68. The van der Waals surface area contributed by atoms with Gasteiger partial charge < -0.3 is 14.8 Å². The van der Waals surface area contributed by atoms with Crippen molar-refractivity contribution in [2.45, 2.75) is 19.4 Å². The Hall–Kier alpha value is -2.56. The summed E-state index contributed by atoms with van der Waals surface area (Å²) >= 11 is 0. The minimum Gasteiger partial charge on any atom is -0.481 e.